The Hall–Kier alpha value is -3.53. The third-order valence-electron chi connectivity index (χ3n) is 6.74. The molecule has 0 aliphatic carbocycles. The molecule has 10 nitrogen and oxygen atoms in total. The van der Waals surface area contributed by atoms with Gasteiger partial charge in [-0.3, -0.25) is 22.9 Å². The molecule has 1 aliphatic heterocycles. The minimum absolute atomic E-state index is 0.318. The van der Waals surface area contributed by atoms with E-state index in [0.717, 1.165) is 37.3 Å². The molecule has 1 fully saturated rings. The van der Waals surface area contributed by atoms with Crippen molar-refractivity contribution < 1.29 is 9.47 Å². The lowest BCUT2D eigenvalue weighted by molar-refractivity contribution is 0.218. The van der Waals surface area contributed by atoms with E-state index < -0.39 is 0 Å². The summed E-state index contributed by atoms with van der Waals surface area (Å²) in [6, 6.07) is 5.54. The molecular weight excluding hydrogens is 436 g/mol. The van der Waals surface area contributed by atoms with Crippen LogP contribution < -0.4 is 20.7 Å². The summed E-state index contributed by atoms with van der Waals surface area (Å²) in [4.78, 5) is 33.7. The number of fused-ring (bicyclic) bond motifs is 3. The van der Waals surface area contributed by atoms with Crippen molar-refractivity contribution in [2.24, 2.45) is 7.05 Å². The number of aryl methyl sites for hydroxylation is 2. The van der Waals surface area contributed by atoms with Gasteiger partial charge < -0.3 is 14.4 Å². The van der Waals surface area contributed by atoms with Gasteiger partial charge in [-0.2, -0.15) is 4.98 Å². The second-order valence-corrected chi connectivity index (χ2v) is 8.80. The van der Waals surface area contributed by atoms with Gasteiger partial charge in [0.2, 0.25) is 5.78 Å². The number of imidazole rings is 2. The Morgan fingerprint density at radius 3 is 2.50 bits per heavy atom. The van der Waals surface area contributed by atoms with Crippen molar-refractivity contribution in [2.45, 2.75) is 32.7 Å². The molecule has 1 aromatic carbocycles. The SMILES string of the molecule is COc1ccc(-n2c(C)cn3c4c(=O)n(CCN5CCCCC5)c(=O)n(C)c4nc23)c(OC)c1. The predicted molar refractivity (Wildman–Crippen MR) is 130 cm³/mol. The standard InChI is InChI=1S/C24H30N6O4/c1-16-15-29-20-21(25-23(29)30(16)18-9-8-17(33-3)14-19(18)34-4)26(2)24(32)28(22(20)31)13-12-27-10-6-5-7-11-27/h8-9,14-15H,5-7,10-13H2,1-4H3. The highest BCUT2D eigenvalue weighted by Crippen LogP contribution is 2.31. The third kappa shape index (κ3) is 3.49. The maximum absolute atomic E-state index is 13.5. The van der Waals surface area contributed by atoms with Gasteiger partial charge in [0.1, 0.15) is 11.5 Å². The van der Waals surface area contributed by atoms with Gasteiger partial charge in [-0.15, -0.1) is 0 Å². The zero-order valence-electron chi connectivity index (χ0n) is 20.1. The van der Waals surface area contributed by atoms with Crippen molar-refractivity contribution >= 4 is 16.9 Å². The lowest BCUT2D eigenvalue weighted by Crippen LogP contribution is -2.43. The zero-order valence-corrected chi connectivity index (χ0v) is 20.1. The van der Waals surface area contributed by atoms with Gasteiger partial charge in [-0.1, -0.05) is 6.42 Å². The Morgan fingerprint density at radius 1 is 1.03 bits per heavy atom. The smallest absolute Gasteiger partial charge is 0.332 e. The highest BCUT2D eigenvalue weighted by molar-refractivity contribution is 5.77. The molecule has 0 atom stereocenters. The van der Waals surface area contributed by atoms with Crippen LogP contribution in [0.2, 0.25) is 0 Å². The first kappa shape index (κ1) is 22.3. The van der Waals surface area contributed by atoms with Crippen LogP contribution in [0.15, 0.2) is 34.0 Å². The van der Waals surface area contributed by atoms with E-state index in [-0.39, 0.29) is 11.2 Å². The van der Waals surface area contributed by atoms with Gasteiger partial charge in [-0.05, 0) is 45.0 Å². The number of nitrogens with zero attached hydrogens (tertiary/aromatic N) is 6. The maximum atomic E-state index is 13.5. The number of ether oxygens (including phenoxy) is 2. The van der Waals surface area contributed by atoms with E-state index in [1.165, 1.54) is 15.6 Å². The Labute approximate surface area is 196 Å². The second-order valence-electron chi connectivity index (χ2n) is 8.80. The molecule has 5 rings (SSSR count). The summed E-state index contributed by atoms with van der Waals surface area (Å²) >= 11 is 0. The molecule has 0 amide bonds. The van der Waals surface area contributed by atoms with Crippen LogP contribution in [0.25, 0.3) is 22.6 Å². The first-order chi connectivity index (χ1) is 16.4. The van der Waals surface area contributed by atoms with Crippen LogP contribution in [-0.4, -0.2) is 61.8 Å². The van der Waals surface area contributed by atoms with Gasteiger partial charge in [0, 0.05) is 38.1 Å². The van der Waals surface area contributed by atoms with E-state index in [4.69, 9.17) is 14.5 Å². The summed E-state index contributed by atoms with van der Waals surface area (Å²) in [7, 11) is 4.87. The number of benzene rings is 1. The molecule has 0 bridgehead atoms. The van der Waals surface area contributed by atoms with Crippen molar-refractivity contribution in [3.05, 3.63) is 50.9 Å². The molecule has 0 unspecified atom stereocenters. The van der Waals surface area contributed by atoms with Crippen LogP contribution in [0.5, 0.6) is 11.5 Å². The molecule has 0 N–H and O–H groups in total. The van der Waals surface area contributed by atoms with Gasteiger partial charge >= 0.3 is 5.69 Å². The fraction of sp³-hybridized carbons (Fsp3) is 0.458. The monoisotopic (exact) mass is 466 g/mol. The quantitative estimate of drug-likeness (QED) is 0.432. The van der Waals surface area contributed by atoms with Gasteiger partial charge in [-0.25, -0.2) is 4.79 Å². The maximum Gasteiger partial charge on any atom is 0.332 e. The van der Waals surface area contributed by atoms with E-state index in [9.17, 15) is 9.59 Å². The van der Waals surface area contributed by atoms with Crippen molar-refractivity contribution in [2.75, 3.05) is 33.9 Å². The van der Waals surface area contributed by atoms with Crippen LogP contribution >= 0.6 is 0 Å². The largest absolute Gasteiger partial charge is 0.497 e. The summed E-state index contributed by atoms with van der Waals surface area (Å²) < 4.78 is 17.4. The van der Waals surface area contributed by atoms with E-state index in [1.54, 1.807) is 31.7 Å². The number of methoxy groups -OCH3 is 2. The van der Waals surface area contributed by atoms with Crippen LogP contribution in [0.4, 0.5) is 0 Å². The van der Waals surface area contributed by atoms with Gasteiger partial charge in [0.15, 0.2) is 11.2 Å². The average Bonchev–Trinajstić information content (AvgIpc) is 3.37. The van der Waals surface area contributed by atoms with Gasteiger partial charge in [0.25, 0.3) is 5.56 Å². The molecule has 0 spiro atoms. The molecule has 0 saturated carbocycles. The zero-order chi connectivity index (χ0) is 24.0. The van der Waals surface area contributed by atoms with Crippen molar-refractivity contribution in [3.8, 4) is 17.2 Å². The van der Waals surface area contributed by atoms with E-state index in [2.05, 4.69) is 4.90 Å². The summed E-state index contributed by atoms with van der Waals surface area (Å²) in [6.45, 7) is 5.02. The molecule has 3 aromatic heterocycles. The molecule has 34 heavy (non-hydrogen) atoms. The number of hydrogen-bond acceptors (Lipinski definition) is 6. The topological polar surface area (TPSA) is 87.9 Å². The van der Waals surface area contributed by atoms with Crippen molar-refractivity contribution in [1.82, 2.24) is 28.0 Å². The Morgan fingerprint density at radius 2 is 1.79 bits per heavy atom. The minimum Gasteiger partial charge on any atom is -0.497 e. The first-order valence-electron chi connectivity index (χ1n) is 11.6. The first-order valence-corrected chi connectivity index (χ1v) is 11.6. The van der Waals surface area contributed by atoms with Crippen molar-refractivity contribution in [1.29, 1.82) is 0 Å². The van der Waals surface area contributed by atoms with Crippen LogP contribution in [0.3, 0.4) is 0 Å². The number of piperidine rings is 1. The van der Waals surface area contributed by atoms with Crippen LogP contribution in [-0.2, 0) is 13.6 Å². The van der Waals surface area contributed by atoms with E-state index in [1.807, 2.05) is 29.8 Å². The Kier molecular flexibility index (Phi) is 5.68. The number of aromatic nitrogens is 5. The average molecular weight is 467 g/mol. The fourth-order valence-corrected chi connectivity index (χ4v) is 4.90. The molecule has 4 aromatic rings. The normalized spacial score (nSPS) is 14.8. The predicted octanol–water partition coefficient (Wildman–Crippen LogP) is 1.95. The lowest BCUT2D eigenvalue weighted by Gasteiger charge is -2.26. The van der Waals surface area contributed by atoms with Crippen LogP contribution in [0.1, 0.15) is 25.0 Å². The van der Waals surface area contributed by atoms with Crippen molar-refractivity contribution in [3.63, 3.8) is 0 Å². The van der Waals surface area contributed by atoms with E-state index >= 15 is 0 Å². The summed E-state index contributed by atoms with van der Waals surface area (Å²) in [5.74, 6) is 1.83. The van der Waals surface area contributed by atoms with Gasteiger partial charge in [0.05, 0.1) is 19.9 Å². The highest BCUT2D eigenvalue weighted by Gasteiger charge is 2.22. The molecule has 0 radical (unpaired) electrons. The van der Waals surface area contributed by atoms with E-state index in [0.29, 0.717) is 41.5 Å². The highest BCUT2D eigenvalue weighted by atomic mass is 16.5. The fourth-order valence-electron chi connectivity index (χ4n) is 4.90. The molecule has 10 heteroatoms. The number of hydrogen-bond donors (Lipinski definition) is 0. The molecule has 1 aliphatic rings. The minimum atomic E-state index is -0.347. The Balaban J connectivity index is 1.67. The lowest BCUT2D eigenvalue weighted by atomic mass is 10.1. The second kappa shape index (κ2) is 8.68. The number of rotatable bonds is 6. The third-order valence-corrected chi connectivity index (χ3v) is 6.74. The molecule has 180 valence electrons. The molecular formula is C24H30N6O4. The number of likely N-dealkylation sites (tertiary alicyclic amines) is 1. The summed E-state index contributed by atoms with van der Waals surface area (Å²) in [6.07, 6.45) is 5.44. The molecule has 1 saturated heterocycles. The summed E-state index contributed by atoms with van der Waals surface area (Å²) in [5, 5.41) is 0. The Bertz CT molecular complexity index is 1490. The molecule has 4 heterocycles. The van der Waals surface area contributed by atoms with Crippen LogP contribution in [0, 0.1) is 6.92 Å². The summed E-state index contributed by atoms with van der Waals surface area (Å²) in [5.41, 5.74) is 1.73.